The molecule has 0 amide bonds. The monoisotopic (exact) mass is 714 g/mol. The van der Waals surface area contributed by atoms with Crippen molar-refractivity contribution in [3.63, 3.8) is 0 Å². The van der Waals surface area contributed by atoms with E-state index in [9.17, 15) is 23.8 Å². The molecule has 2 fully saturated rings. The first-order chi connectivity index (χ1) is 21.4. The van der Waals surface area contributed by atoms with Crippen LogP contribution in [0.4, 0.5) is 14.7 Å². The number of aliphatic hydroxyl groups excluding tert-OH is 1. The van der Waals surface area contributed by atoms with Crippen LogP contribution in [0.2, 0.25) is 0 Å². The van der Waals surface area contributed by atoms with Crippen LogP contribution in [-0.2, 0) is 32.2 Å². The third-order valence-electron chi connectivity index (χ3n) is 6.84. The lowest BCUT2D eigenvalue weighted by molar-refractivity contribution is -0.0539. The molecule has 2 aliphatic rings. The van der Waals surface area contributed by atoms with E-state index in [1.54, 1.807) is 0 Å². The van der Waals surface area contributed by atoms with Gasteiger partial charge in [0.15, 0.2) is 47.1 Å². The van der Waals surface area contributed by atoms with Gasteiger partial charge in [0.2, 0.25) is 13.2 Å². The molecular weight excluding hydrogens is 692 g/mol. The molecule has 26 heteroatoms. The van der Waals surface area contributed by atoms with E-state index in [1.807, 2.05) is 0 Å². The van der Waals surface area contributed by atoms with Crippen molar-refractivity contribution in [1.82, 2.24) is 44.5 Å². The number of imidazole rings is 1. The van der Waals surface area contributed by atoms with Crippen LogP contribution < -0.4 is 16.9 Å². The zero-order chi connectivity index (χ0) is 32.2. The maximum absolute atomic E-state index is 15.6. The Morgan fingerprint density at radius 2 is 1.87 bits per heavy atom. The highest BCUT2D eigenvalue weighted by atomic mass is 32.7. The van der Waals surface area contributed by atoms with Crippen molar-refractivity contribution in [3.05, 3.63) is 33.4 Å². The van der Waals surface area contributed by atoms with E-state index < -0.39 is 87.6 Å². The number of fused-ring (bicyclic) bond motifs is 2. The van der Waals surface area contributed by atoms with E-state index in [4.69, 9.17) is 28.8 Å². The molecule has 45 heavy (non-hydrogen) atoms. The Morgan fingerprint density at radius 1 is 1.11 bits per heavy atom. The molecule has 10 atom stereocenters. The van der Waals surface area contributed by atoms with Gasteiger partial charge in [-0.15, -0.1) is 5.10 Å². The molecule has 0 aromatic carbocycles. The van der Waals surface area contributed by atoms with Gasteiger partial charge in [-0.25, -0.2) is 23.3 Å². The minimum atomic E-state index is -4.59. The lowest BCUT2D eigenvalue weighted by Crippen LogP contribution is -2.33. The molecule has 0 bridgehead atoms. The Balaban J connectivity index is 1.23. The molecule has 2 saturated heterocycles. The Kier molecular flexibility index (Phi) is 8.89. The molecule has 5 N–H and O–H groups in total. The number of rotatable bonds is 10. The third-order valence-corrected chi connectivity index (χ3v) is 9.24. The predicted octanol–water partition coefficient (Wildman–Crippen LogP) is -0.162. The van der Waals surface area contributed by atoms with Crippen LogP contribution >= 0.6 is 38.5 Å². The Hall–Kier alpha value is -2.79. The summed E-state index contributed by atoms with van der Waals surface area (Å²) in [5.41, 5.74) is 3.60. The van der Waals surface area contributed by atoms with Crippen molar-refractivity contribution in [3.8, 4) is 0 Å². The number of nitrogen functional groups attached to an aromatic ring is 1. The number of ether oxygens (including phenoxy) is 2. The van der Waals surface area contributed by atoms with Crippen molar-refractivity contribution in [2.24, 2.45) is 0 Å². The zero-order valence-electron chi connectivity index (χ0n) is 22.1. The number of aromatic nitrogens is 9. The standard InChI is InChI=1S/C19H22F2N10O10P2S2/c20-7-5(1-32)38-18(30-4-25-9-14(30)26-19(22)27-16(9)34)12(7)41-43(36,45)37-2-6-11(40-42(35)44)8(21)17(39-6)31-13-10(28-29-31)15(33)24-3-23-13/h3-8,11-12,17-18,32,42H,1-2H2,(H,35,44)(H,36,45)(H,23,24,33)(H3,22,26,27,34)/t5-,6-,7+,8+,11-,12-,17-,18-,43?/m1/s1. The first kappa shape index (κ1) is 32.2. The lowest BCUT2D eigenvalue weighted by atomic mass is 10.1. The molecule has 6 rings (SSSR count). The van der Waals surface area contributed by atoms with Crippen LogP contribution in [0.25, 0.3) is 22.3 Å². The molecule has 2 aliphatic heterocycles. The highest BCUT2D eigenvalue weighted by molar-refractivity contribution is 8.44. The quantitative estimate of drug-likeness (QED) is 0.0920. The summed E-state index contributed by atoms with van der Waals surface area (Å²) in [5.74, 6) is -0.286. The van der Waals surface area contributed by atoms with Crippen LogP contribution in [0.5, 0.6) is 0 Å². The average Bonchev–Trinajstić information content (AvgIpc) is 3.73. The predicted molar refractivity (Wildman–Crippen MR) is 153 cm³/mol. The van der Waals surface area contributed by atoms with Gasteiger partial charge in [0.25, 0.3) is 11.1 Å². The van der Waals surface area contributed by atoms with Crippen molar-refractivity contribution in [1.29, 1.82) is 0 Å². The van der Waals surface area contributed by atoms with Crippen molar-refractivity contribution >= 4 is 66.8 Å². The maximum atomic E-state index is 15.6. The number of hydrogen-bond acceptors (Lipinski definition) is 16. The van der Waals surface area contributed by atoms with Gasteiger partial charge in [0.1, 0.15) is 24.4 Å². The summed E-state index contributed by atoms with van der Waals surface area (Å²) in [4.78, 5) is 40.6. The number of nitrogens with zero attached hydrogens (tertiary/aromatic N) is 7. The number of H-pyrrole nitrogens is 2. The van der Waals surface area contributed by atoms with Gasteiger partial charge < -0.3 is 29.8 Å². The molecule has 0 spiro atoms. The summed E-state index contributed by atoms with van der Waals surface area (Å²) in [6.45, 7) is -6.17. The van der Waals surface area contributed by atoms with Gasteiger partial charge in [0.05, 0.1) is 25.9 Å². The van der Waals surface area contributed by atoms with Gasteiger partial charge in [-0.3, -0.25) is 32.8 Å². The fourth-order valence-electron chi connectivity index (χ4n) is 4.89. The average molecular weight is 715 g/mol. The van der Waals surface area contributed by atoms with Crippen molar-refractivity contribution < 1.29 is 46.1 Å². The van der Waals surface area contributed by atoms with Crippen LogP contribution in [0, 0.1) is 0 Å². The molecule has 20 nitrogen and oxygen atoms in total. The van der Waals surface area contributed by atoms with Gasteiger partial charge in [-0.1, -0.05) is 29.7 Å². The zero-order valence-corrected chi connectivity index (χ0v) is 25.8. The van der Waals surface area contributed by atoms with Crippen molar-refractivity contribution in [2.75, 3.05) is 18.9 Å². The summed E-state index contributed by atoms with van der Waals surface area (Å²) < 4.78 is 85.2. The molecular formula is C19H22F2N10O10P2S2. The lowest BCUT2D eigenvalue weighted by Gasteiger charge is -2.25. The number of thiol groups is 2. The first-order valence-electron chi connectivity index (χ1n) is 12.6. The third kappa shape index (κ3) is 6.06. The van der Waals surface area contributed by atoms with Crippen LogP contribution in [0.3, 0.4) is 0 Å². The summed E-state index contributed by atoms with van der Waals surface area (Å²) in [5, 5.41) is 17.0. The van der Waals surface area contributed by atoms with E-state index in [2.05, 4.69) is 59.7 Å². The Morgan fingerprint density at radius 3 is 2.60 bits per heavy atom. The number of nitrogens with two attached hydrogens (primary N) is 1. The Labute approximate surface area is 258 Å². The number of aliphatic hydroxyl groups is 1. The highest BCUT2D eigenvalue weighted by Crippen LogP contribution is 2.57. The molecule has 0 saturated carbocycles. The number of aromatic amines is 2. The first-order valence-corrected chi connectivity index (χ1v) is 17.9. The second kappa shape index (κ2) is 12.4. The van der Waals surface area contributed by atoms with Crippen LogP contribution in [0.15, 0.2) is 22.2 Å². The largest absolute Gasteiger partial charge is 0.394 e. The van der Waals surface area contributed by atoms with E-state index in [1.165, 1.54) is 0 Å². The minimum absolute atomic E-state index is 0.131. The van der Waals surface area contributed by atoms with E-state index in [-0.39, 0.29) is 28.3 Å². The van der Waals surface area contributed by atoms with Crippen LogP contribution in [0.1, 0.15) is 12.5 Å². The number of halogens is 2. The second-order valence-electron chi connectivity index (χ2n) is 9.60. The smallest absolute Gasteiger partial charge is 0.386 e. The minimum Gasteiger partial charge on any atom is -0.394 e. The molecule has 4 aromatic rings. The fourth-order valence-corrected chi connectivity index (χ4v) is 7.22. The van der Waals surface area contributed by atoms with Gasteiger partial charge in [-0.2, -0.15) is 9.67 Å². The number of anilines is 1. The topological polar surface area (TPSA) is 267 Å². The van der Waals surface area contributed by atoms with Gasteiger partial charge in [-0.05, 0) is 0 Å². The molecule has 0 radical (unpaired) electrons. The molecule has 6 heterocycles. The van der Waals surface area contributed by atoms with Crippen molar-refractivity contribution in [2.45, 2.75) is 49.2 Å². The van der Waals surface area contributed by atoms with E-state index >= 15 is 8.78 Å². The van der Waals surface area contributed by atoms with Gasteiger partial charge in [0, 0.05) is 0 Å². The summed E-state index contributed by atoms with van der Waals surface area (Å²) in [6.07, 6.45) is -11.5. The number of nitrogens with one attached hydrogen (secondary N) is 2. The van der Waals surface area contributed by atoms with E-state index in [0.29, 0.717) is 0 Å². The normalized spacial score (nSPS) is 30.7. The highest BCUT2D eigenvalue weighted by Gasteiger charge is 2.52. The second-order valence-corrected chi connectivity index (χ2v) is 14.3. The van der Waals surface area contributed by atoms with Crippen LogP contribution in [-0.4, -0.2) is 99.6 Å². The maximum Gasteiger partial charge on any atom is 0.386 e. The fraction of sp³-hybridized carbons (Fsp3) is 0.526. The van der Waals surface area contributed by atoms with E-state index in [0.717, 1.165) is 21.9 Å². The SMILES string of the molecule is Nc1nc2c(ncn2[C@@H]2O[C@H](CO)[C@H](F)[C@H]2OP(=O)(S)OC[C@H]2O[C@@H](n3nnc4c(=O)[nH]cnc43)[C@@H](F)[C@@H]2O[PH](=O)S)c(=O)[nH]1. The summed E-state index contributed by atoms with van der Waals surface area (Å²) >= 11 is 7.61. The summed E-state index contributed by atoms with van der Waals surface area (Å²) in [7, 11) is -3.07. The Bertz CT molecular complexity index is 1930. The molecule has 0 aliphatic carbocycles. The van der Waals surface area contributed by atoms with Gasteiger partial charge >= 0.3 is 6.80 Å². The molecule has 4 aromatic heterocycles. The number of hydrogen-bond donors (Lipinski definition) is 6. The number of alkyl halides is 2. The molecule has 244 valence electrons. The molecule has 2 unspecified atom stereocenters. The summed E-state index contributed by atoms with van der Waals surface area (Å²) in [6, 6.07) is 0.